The Morgan fingerprint density at radius 2 is 1.82 bits per heavy atom. The van der Waals surface area contributed by atoms with Crippen LogP contribution >= 0.6 is 0 Å². The Hall–Kier alpha value is -3.43. The molecule has 0 unspecified atom stereocenters. The Bertz CT molecular complexity index is 1670. The Kier molecular flexibility index (Phi) is 11.4. The van der Waals surface area contributed by atoms with E-state index in [-0.39, 0.29) is 18.5 Å². The van der Waals surface area contributed by atoms with Gasteiger partial charge in [0.1, 0.15) is 18.1 Å². The molecule has 1 fully saturated rings. The molecule has 1 amide bonds. The summed E-state index contributed by atoms with van der Waals surface area (Å²) in [4.78, 5) is 21.5. The maximum Gasteiger partial charge on any atom is 0.436 e. The third-order valence-corrected chi connectivity index (χ3v) is 10.8. The molecule has 11 nitrogen and oxygen atoms in total. The van der Waals surface area contributed by atoms with E-state index < -0.39 is 37.7 Å². The van der Waals surface area contributed by atoms with Crippen molar-refractivity contribution in [2.45, 2.75) is 116 Å². The van der Waals surface area contributed by atoms with E-state index in [0.29, 0.717) is 44.7 Å². The SMILES string of the molecule is CCN(C(=O)OC(C)(C)C)c1cc2c(cn1)c(C1=CCN(C)CC1)nn2C1CCC(Oc2cnn(COCC[Si](C)(C)C)c2C(F)(F)F)CC1. The van der Waals surface area contributed by atoms with Crippen molar-refractivity contribution in [1.29, 1.82) is 0 Å². The van der Waals surface area contributed by atoms with Gasteiger partial charge in [-0.2, -0.15) is 23.4 Å². The fourth-order valence-corrected chi connectivity index (χ4v) is 7.08. The highest BCUT2D eigenvalue weighted by atomic mass is 28.3. The van der Waals surface area contributed by atoms with E-state index in [2.05, 4.69) is 47.7 Å². The molecule has 1 aliphatic carbocycles. The van der Waals surface area contributed by atoms with Gasteiger partial charge in [0.15, 0.2) is 11.4 Å². The van der Waals surface area contributed by atoms with E-state index in [9.17, 15) is 18.0 Å². The van der Waals surface area contributed by atoms with Gasteiger partial charge >= 0.3 is 12.3 Å². The molecule has 0 radical (unpaired) electrons. The van der Waals surface area contributed by atoms with Gasteiger partial charge in [0, 0.05) is 52.0 Å². The average molecular weight is 720 g/mol. The number of alkyl halides is 3. The van der Waals surface area contributed by atoms with Crippen molar-refractivity contribution >= 4 is 36.5 Å². The zero-order chi connectivity index (χ0) is 36.4. The van der Waals surface area contributed by atoms with E-state index in [1.807, 2.05) is 38.4 Å². The first kappa shape index (κ1) is 37.8. The number of likely N-dealkylation sites (N-methyl/N-ethyl adjacent to an activating group) is 1. The van der Waals surface area contributed by atoms with E-state index >= 15 is 0 Å². The molecule has 1 aliphatic heterocycles. The summed E-state index contributed by atoms with van der Waals surface area (Å²) >= 11 is 0. The normalized spacial score (nSPS) is 19.5. The first-order valence-electron chi connectivity index (χ1n) is 17.6. The van der Waals surface area contributed by atoms with Crippen LogP contribution in [0.3, 0.4) is 0 Å². The number of nitrogens with zero attached hydrogens (tertiary/aromatic N) is 7. The van der Waals surface area contributed by atoms with Crippen LogP contribution in [0.4, 0.5) is 23.8 Å². The summed E-state index contributed by atoms with van der Waals surface area (Å²) in [5.74, 6) is 0.200. The molecule has 4 heterocycles. The third kappa shape index (κ3) is 9.26. The zero-order valence-corrected chi connectivity index (χ0v) is 31.6. The smallest absolute Gasteiger partial charge is 0.436 e. The average Bonchev–Trinajstić information content (AvgIpc) is 3.60. The molecule has 3 aromatic rings. The summed E-state index contributed by atoms with van der Waals surface area (Å²) in [6.07, 6.45) is 2.85. The predicted octanol–water partition coefficient (Wildman–Crippen LogP) is 8.00. The van der Waals surface area contributed by atoms with Crippen LogP contribution in [-0.4, -0.2) is 88.6 Å². The minimum Gasteiger partial charge on any atom is -0.486 e. The fourth-order valence-electron chi connectivity index (χ4n) is 6.33. The van der Waals surface area contributed by atoms with E-state index in [1.165, 1.54) is 4.90 Å². The van der Waals surface area contributed by atoms with Gasteiger partial charge in [0.25, 0.3) is 0 Å². The Balaban J connectivity index is 1.36. The van der Waals surface area contributed by atoms with Gasteiger partial charge in [0.05, 0.1) is 29.6 Å². The van der Waals surface area contributed by atoms with Gasteiger partial charge in [-0.05, 0) is 78.5 Å². The largest absolute Gasteiger partial charge is 0.486 e. The molecule has 15 heteroatoms. The Morgan fingerprint density at radius 1 is 1.10 bits per heavy atom. The number of carbonyl (C=O) groups excluding carboxylic acids is 1. The second kappa shape index (κ2) is 15.0. The number of rotatable bonds is 11. The van der Waals surface area contributed by atoms with Crippen LogP contribution in [0.25, 0.3) is 16.5 Å². The highest BCUT2D eigenvalue weighted by Gasteiger charge is 2.40. The van der Waals surface area contributed by atoms with Crippen molar-refractivity contribution in [3.05, 3.63) is 35.9 Å². The minimum atomic E-state index is -4.64. The Morgan fingerprint density at radius 3 is 2.42 bits per heavy atom. The molecule has 0 atom stereocenters. The molecule has 5 rings (SSSR count). The minimum absolute atomic E-state index is 0.0191. The van der Waals surface area contributed by atoms with E-state index in [0.717, 1.165) is 58.6 Å². The van der Waals surface area contributed by atoms with Crippen molar-refractivity contribution in [2.75, 3.05) is 38.2 Å². The number of anilines is 1. The summed E-state index contributed by atoms with van der Waals surface area (Å²) in [5, 5.41) is 10.0. The second-order valence-corrected chi connectivity index (χ2v) is 21.2. The number of carbonyl (C=O) groups is 1. The summed E-state index contributed by atoms with van der Waals surface area (Å²) in [6, 6.07) is 2.73. The third-order valence-electron chi connectivity index (χ3n) is 9.07. The molecular weight excluding hydrogens is 668 g/mol. The Labute approximate surface area is 293 Å². The molecule has 0 saturated heterocycles. The topological polar surface area (TPSA) is 99.8 Å². The van der Waals surface area contributed by atoms with Gasteiger partial charge in [-0.1, -0.05) is 25.7 Å². The molecule has 0 N–H and O–H groups in total. The van der Waals surface area contributed by atoms with Gasteiger partial charge in [-0.3, -0.25) is 9.58 Å². The number of hydrogen-bond donors (Lipinski definition) is 0. The molecule has 0 bridgehead atoms. The van der Waals surface area contributed by atoms with E-state index in [1.54, 1.807) is 6.20 Å². The van der Waals surface area contributed by atoms with Crippen molar-refractivity contribution in [3.63, 3.8) is 0 Å². The van der Waals surface area contributed by atoms with Crippen LogP contribution in [0, 0.1) is 0 Å². The first-order chi connectivity index (χ1) is 23.4. The maximum absolute atomic E-state index is 14.2. The van der Waals surface area contributed by atoms with Crippen LogP contribution in [0.5, 0.6) is 5.75 Å². The van der Waals surface area contributed by atoms with Crippen molar-refractivity contribution in [3.8, 4) is 5.75 Å². The number of fused-ring (bicyclic) bond motifs is 1. The predicted molar refractivity (Wildman–Crippen MR) is 190 cm³/mol. The number of amides is 1. The number of hydrogen-bond acceptors (Lipinski definition) is 8. The molecule has 0 aromatic carbocycles. The van der Waals surface area contributed by atoms with Crippen LogP contribution in [-0.2, 0) is 22.4 Å². The highest BCUT2D eigenvalue weighted by Crippen LogP contribution is 2.40. The monoisotopic (exact) mass is 719 g/mol. The number of aromatic nitrogens is 5. The van der Waals surface area contributed by atoms with Gasteiger partial charge < -0.3 is 19.1 Å². The van der Waals surface area contributed by atoms with Crippen LogP contribution in [0.1, 0.15) is 77.2 Å². The van der Waals surface area contributed by atoms with E-state index in [4.69, 9.17) is 19.3 Å². The first-order valence-corrected chi connectivity index (χ1v) is 21.3. The molecule has 50 heavy (non-hydrogen) atoms. The van der Waals surface area contributed by atoms with Gasteiger partial charge in [-0.15, -0.1) is 0 Å². The maximum atomic E-state index is 14.2. The van der Waals surface area contributed by atoms with Crippen LogP contribution in [0.2, 0.25) is 25.7 Å². The highest BCUT2D eigenvalue weighted by molar-refractivity contribution is 6.76. The van der Waals surface area contributed by atoms with Crippen LogP contribution < -0.4 is 9.64 Å². The lowest BCUT2D eigenvalue weighted by atomic mass is 9.93. The summed E-state index contributed by atoms with van der Waals surface area (Å²) in [5.41, 5.74) is 1.29. The van der Waals surface area contributed by atoms with Crippen LogP contribution in [0.15, 0.2) is 24.5 Å². The lowest BCUT2D eigenvalue weighted by Crippen LogP contribution is -2.37. The van der Waals surface area contributed by atoms with Crippen molar-refractivity contribution in [2.24, 2.45) is 0 Å². The number of ether oxygens (including phenoxy) is 3. The fraction of sp³-hybridized carbons (Fsp3) is 0.657. The summed E-state index contributed by atoms with van der Waals surface area (Å²) < 4.78 is 62.7. The van der Waals surface area contributed by atoms with Crippen molar-refractivity contribution < 1.29 is 32.2 Å². The quantitative estimate of drug-likeness (QED) is 0.145. The van der Waals surface area contributed by atoms with Gasteiger partial charge in [-0.25, -0.2) is 14.5 Å². The molecule has 2 aliphatic rings. The van der Waals surface area contributed by atoms with Gasteiger partial charge in [0.2, 0.25) is 0 Å². The van der Waals surface area contributed by atoms with Crippen molar-refractivity contribution in [1.82, 2.24) is 29.4 Å². The molecule has 3 aromatic heterocycles. The summed E-state index contributed by atoms with van der Waals surface area (Å²) in [7, 11) is 0.699. The number of halogens is 3. The lowest BCUT2D eigenvalue weighted by molar-refractivity contribution is -0.148. The lowest BCUT2D eigenvalue weighted by Gasteiger charge is -2.30. The molecular formula is C35H52F3N7O4Si. The molecule has 0 spiro atoms. The standard InChI is InChI=1S/C35H52F3N7O4Si/c1-9-43(33(46)49-34(2,3)4)30-20-28-27(21-39-30)31(24-14-16-42(5)17-15-24)41-45(28)25-10-12-26(13-11-25)48-29-22-40-44(32(29)35(36,37)38)23-47-18-19-50(6,7)8/h14,20-22,25-26H,9-13,15-19,23H2,1-8H3. The summed E-state index contributed by atoms with van der Waals surface area (Å²) in [6.45, 7) is 16.1. The number of pyridine rings is 1. The second-order valence-electron chi connectivity index (χ2n) is 15.6. The molecule has 1 saturated carbocycles. The molecule has 276 valence electrons. The zero-order valence-electron chi connectivity index (χ0n) is 30.6.